The lowest BCUT2D eigenvalue weighted by Gasteiger charge is -2.19. The summed E-state index contributed by atoms with van der Waals surface area (Å²) in [6.45, 7) is 6.66. The van der Waals surface area contributed by atoms with E-state index in [0.717, 1.165) is 0 Å². The zero-order chi connectivity index (χ0) is 9.56. The summed E-state index contributed by atoms with van der Waals surface area (Å²) in [6, 6.07) is -0.595. The lowest BCUT2D eigenvalue weighted by molar-refractivity contribution is -0.131. The third-order valence-electron chi connectivity index (χ3n) is 1.68. The smallest absolute Gasteiger partial charge is 0.247 e. The summed E-state index contributed by atoms with van der Waals surface area (Å²) in [5, 5.41) is 0. The van der Waals surface area contributed by atoms with Crippen molar-refractivity contribution in [1.29, 1.82) is 0 Å². The standard InChI is InChI=1S/C8H14N2O2/c1-4-10(5-2)8(12)7(3)9-6-11/h7H,4-5H2,1-3H3. The molecule has 12 heavy (non-hydrogen) atoms. The van der Waals surface area contributed by atoms with Crippen molar-refractivity contribution in [3.63, 3.8) is 0 Å². The van der Waals surface area contributed by atoms with E-state index in [4.69, 9.17) is 0 Å². The average molecular weight is 170 g/mol. The average Bonchev–Trinajstić information content (AvgIpc) is 2.07. The lowest BCUT2D eigenvalue weighted by Crippen LogP contribution is -2.36. The maximum atomic E-state index is 11.3. The minimum absolute atomic E-state index is 0.122. The summed E-state index contributed by atoms with van der Waals surface area (Å²) in [7, 11) is 0. The normalized spacial score (nSPS) is 11.6. The van der Waals surface area contributed by atoms with Crippen LogP contribution in [-0.2, 0) is 9.59 Å². The van der Waals surface area contributed by atoms with Crippen LogP contribution in [0.15, 0.2) is 4.99 Å². The molecule has 1 atom stereocenters. The van der Waals surface area contributed by atoms with E-state index in [2.05, 4.69) is 4.99 Å². The van der Waals surface area contributed by atoms with Gasteiger partial charge in [-0.3, -0.25) is 4.79 Å². The predicted molar refractivity (Wildman–Crippen MR) is 45.5 cm³/mol. The highest BCUT2D eigenvalue weighted by Crippen LogP contribution is 1.97. The molecule has 1 unspecified atom stereocenters. The number of nitrogens with zero attached hydrogens (tertiary/aromatic N) is 2. The monoisotopic (exact) mass is 170 g/mol. The Balaban J connectivity index is 4.24. The SMILES string of the molecule is CCN(CC)C(=O)C(C)N=C=O. The Morgan fingerprint density at radius 1 is 1.50 bits per heavy atom. The van der Waals surface area contributed by atoms with Gasteiger partial charge in [0.05, 0.1) is 0 Å². The van der Waals surface area contributed by atoms with Gasteiger partial charge in [-0.2, -0.15) is 4.99 Å². The van der Waals surface area contributed by atoms with Gasteiger partial charge in [0.15, 0.2) is 0 Å². The summed E-state index contributed by atoms with van der Waals surface area (Å²) >= 11 is 0. The first-order valence-corrected chi connectivity index (χ1v) is 4.03. The van der Waals surface area contributed by atoms with Crippen molar-refractivity contribution in [2.24, 2.45) is 4.99 Å². The molecule has 68 valence electrons. The van der Waals surface area contributed by atoms with Gasteiger partial charge in [0.2, 0.25) is 12.0 Å². The number of isocyanates is 1. The molecular formula is C8H14N2O2. The molecule has 0 saturated carbocycles. The van der Waals surface area contributed by atoms with Crippen LogP contribution in [0.2, 0.25) is 0 Å². The van der Waals surface area contributed by atoms with Crippen molar-refractivity contribution in [3.05, 3.63) is 0 Å². The molecule has 1 amide bonds. The summed E-state index contributed by atoms with van der Waals surface area (Å²) in [5.74, 6) is -0.122. The van der Waals surface area contributed by atoms with Crippen LogP contribution >= 0.6 is 0 Å². The molecule has 0 radical (unpaired) electrons. The van der Waals surface area contributed by atoms with E-state index in [0.29, 0.717) is 13.1 Å². The number of rotatable bonds is 4. The van der Waals surface area contributed by atoms with Crippen LogP contribution in [0, 0.1) is 0 Å². The van der Waals surface area contributed by atoms with Crippen molar-refractivity contribution in [1.82, 2.24) is 4.90 Å². The second-order valence-corrected chi connectivity index (χ2v) is 2.41. The summed E-state index contributed by atoms with van der Waals surface area (Å²) in [4.78, 5) is 26.2. The van der Waals surface area contributed by atoms with E-state index in [-0.39, 0.29) is 5.91 Å². The van der Waals surface area contributed by atoms with Crippen molar-refractivity contribution in [2.75, 3.05) is 13.1 Å². The number of hydrogen-bond donors (Lipinski definition) is 0. The fourth-order valence-corrected chi connectivity index (χ4v) is 0.934. The van der Waals surface area contributed by atoms with Crippen LogP contribution in [0.25, 0.3) is 0 Å². The van der Waals surface area contributed by atoms with Crippen LogP contribution in [0.5, 0.6) is 0 Å². The van der Waals surface area contributed by atoms with Crippen molar-refractivity contribution < 1.29 is 9.59 Å². The van der Waals surface area contributed by atoms with Crippen molar-refractivity contribution in [2.45, 2.75) is 26.8 Å². The second kappa shape index (κ2) is 5.49. The van der Waals surface area contributed by atoms with Gasteiger partial charge in [0, 0.05) is 13.1 Å². The lowest BCUT2D eigenvalue weighted by atomic mass is 10.3. The Labute approximate surface area is 72.3 Å². The predicted octanol–water partition coefficient (Wildman–Crippen LogP) is 0.579. The molecule has 0 aromatic heterocycles. The highest BCUT2D eigenvalue weighted by Gasteiger charge is 2.16. The first-order chi connectivity index (χ1) is 5.67. The Hall–Kier alpha value is -1.15. The second-order valence-electron chi connectivity index (χ2n) is 2.41. The number of carbonyl (C=O) groups is 1. The Morgan fingerprint density at radius 3 is 2.33 bits per heavy atom. The third kappa shape index (κ3) is 2.84. The number of aliphatic imine (C=N–C) groups is 1. The molecule has 0 spiro atoms. The molecule has 0 aromatic rings. The summed E-state index contributed by atoms with van der Waals surface area (Å²) in [5.41, 5.74) is 0. The van der Waals surface area contributed by atoms with Gasteiger partial charge in [-0.15, -0.1) is 0 Å². The molecule has 0 rings (SSSR count). The first-order valence-electron chi connectivity index (χ1n) is 4.03. The van der Waals surface area contributed by atoms with Crippen LogP contribution in [-0.4, -0.2) is 36.0 Å². The van der Waals surface area contributed by atoms with Gasteiger partial charge in [-0.25, -0.2) is 4.79 Å². The molecule has 0 bridgehead atoms. The van der Waals surface area contributed by atoms with E-state index in [1.165, 1.54) is 6.08 Å². The van der Waals surface area contributed by atoms with Gasteiger partial charge in [0.25, 0.3) is 0 Å². The van der Waals surface area contributed by atoms with Crippen LogP contribution < -0.4 is 0 Å². The van der Waals surface area contributed by atoms with Crippen LogP contribution in [0.4, 0.5) is 0 Å². The largest absolute Gasteiger partial charge is 0.341 e. The van der Waals surface area contributed by atoms with E-state index >= 15 is 0 Å². The number of carbonyl (C=O) groups excluding carboxylic acids is 2. The van der Waals surface area contributed by atoms with E-state index in [1.807, 2.05) is 13.8 Å². The maximum Gasteiger partial charge on any atom is 0.247 e. The molecule has 4 heteroatoms. The minimum atomic E-state index is -0.595. The van der Waals surface area contributed by atoms with Gasteiger partial charge in [-0.1, -0.05) is 0 Å². The fraction of sp³-hybridized carbons (Fsp3) is 0.750. The van der Waals surface area contributed by atoms with E-state index < -0.39 is 6.04 Å². The molecule has 0 aliphatic heterocycles. The summed E-state index contributed by atoms with van der Waals surface area (Å²) < 4.78 is 0. The van der Waals surface area contributed by atoms with Crippen molar-refractivity contribution >= 4 is 12.0 Å². The molecule has 0 aromatic carbocycles. The highest BCUT2D eigenvalue weighted by atomic mass is 16.2. The topological polar surface area (TPSA) is 49.7 Å². The fourth-order valence-electron chi connectivity index (χ4n) is 0.934. The zero-order valence-corrected chi connectivity index (χ0v) is 7.70. The first kappa shape index (κ1) is 10.8. The maximum absolute atomic E-state index is 11.3. The van der Waals surface area contributed by atoms with E-state index in [9.17, 15) is 9.59 Å². The van der Waals surface area contributed by atoms with Gasteiger partial charge in [-0.05, 0) is 20.8 Å². The van der Waals surface area contributed by atoms with Gasteiger partial charge >= 0.3 is 0 Å². The number of likely N-dealkylation sites (N-methyl/N-ethyl adjacent to an activating group) is 1. The Bertz CT molecular complexity index is 193. The van der Waals surface area contributed by atoms with E-state index in [1.54, 1.807) is 11.8 Å². The van der Waals surface area contributed by atoms with Crippen molar-refractivity contribution in [3.8, 4) is 0 Å². The molecule has 0 aliphatic carbocycles. The van der Waals surface area contributed by atoms with Gasteiger partial charge < -0.3 is 4.90 Å². The van der Waals surface area contributed by atoms with Crippen LogP contribution in [0.3, 0.4) is 0 Å². The molecule has 4 nitrogen and oxygen atoms in total. The quantitative estimate of drug-likeness (QED) is 0.457. The molecular weight excluding hydrogens is 156 g/mol. The zero-order valence-electron chi connectivity index (χ0n) is 7.70. The highest BCUT2D eigenvalue weighted by molar-refractivity contribution is 5.82. The number of hydrogen-bond acceptors (Lipinski definition) is 3. The molecule has 0 heterocycles. The summed E-state index contributed by atoms with van der Waals surface area (Å²) in [6.07, 6.45) is 1.38. The molecule has 0 N–H and O–H groups in total. The van der Waals surface area contributed by atoms with Gasteiger partial charge in [0.1, 0.15) is 6.04 Å². The number of amides is 1. The van der Waals surface area contributed by atoms with Crippen LogP contribution in [0.1, 0.15) is 20.8 Å². The Morgan fingerprint density at radius 2 is 2.00 bits per heavy atom. The minimum Gasteiger partial charge on any atom is -0.341 e. The Kier molecular flexibility index (Phi) is 4.97. The molecule has 0 fully saturated rings. The molecule has 0 aliphatic rings. The molecule has 0 saturated heterocycles. The third-order valence-corrected chi connectivity index (χ3v) is 1.68.